The molecule has 0 unspecified atom stereocenters. The van der Waals surface area contributed by atoms with Crippen LogP contribution >= 0.6 is 0 Å². The Labute approximate surface area is 639 Å². The Bertz CT molecular complexity index is 4220. The van der Waals surface area contributed by atoms with Crippen molar-refractivity contribution in [1.82, 2.24) is 50.9 Å². The van der Waals surface area contributed by atoms with E-state index in [1.54, 1.807) is 123 Å². The molecule has 0 spiro atoms. The second-order valence-corrected chi connectivity index (χ2v) is 32.4. The van der Waals surface area contributed by atoms with Crippen molar-refractivity contribution in [2.24, 2.45) is 11.8 Å². The molecule has 0 bridgehead atoms. The third-order valence-electron chi connectivity index (χ3n) is 17.8. The maximum Gasteiger partial charge on any atom is 0.419 e. The van der Waals surface area contributed by atoms with Gasteiger partial charge in [-0.05, 0) is 160 Å². The van der Waals surface area contributed by atoms with Crippen molar-refractivity contribution in [2.45, 2.75) is 226 Å². The fraction of sp³-hybridized carbons (Fsp3) is 0.464. The molecule has 1 fully saturated rings. The molecule has 2 aromatic heterocycles. The van der Waals surface area contributed by atoms with Crippen molar-refractivity contribution in [2.75, 3.05) is 13.7 Å². The average molecular weight is 1500 g/mol. The number of imide groups is 1. The highest BCUT2D eigenvalue weighted by molar-refractivity contribution is 6.03. The molecule has 6 N–H and O–H groups in total. The summed E-state index contributed by atoms with van der Waals surface area (Å²) in [5.41, 5.74) is -0.471. The molecule has 1 aliphatic rings. The van der Waals surface area contributed by atoms with E-state index in [0.29, 0.717) is 27.8 Å². The van der Waals surface area contributed by atoms with Crippen LogP contribution in [0.25, 0.3) is 10.9 Å². The molecule has 8 amide bonds. The van der Waals surface area contributed by atoms with E-state index in [4.69, 9.17) is 28.7 Å². The number of carbonyl (C=O) groups excluding carboxylic acids is 10. The van der Waals surface area contributed by atoms with Gasteiger partial charge >= 0.3 is 18.2 Å². The van der Waals surface area contributed by atoms with Crippen molar-refractivity contribution in [3.63, 3.8) is 0 Å². The molecule has 0 radical (unpaired) electrons. The molecule has 0 saturated carbocycles. The van der Waals surface area contributed by atoms with Crippen LogP contribution in [0.5, 0.6) is 5.75 Å². The molecule has 0 aliphatic carbocycles. The summed E-state index contributed by atoms with van der Waals surface area (Å²) in [6.07, 6.45) is 2.18. The maximum absolute atomic E-state index is 16.0. The number of amides is 8. The highest BCUT2D eigenvalue weighted by atomic mass is 16.6. The van der Waals surface area contributed by atoms with Crippen molar-refractivity contribution in [3.05, 3.63) is 192 Å². The molecular formula is C84H108N10O15. The zero-order valence-electron chi connectivity index (χ0n) is 65.8. The van der Waals surface area contributed by atoms with Crippen LogP contribution in [0.15, 0.2) is 158 Å². The summed E-state index contributed by atoms with van der Waals surface area (Å²) in [6, 6.07) is 32.9. The second-order valence-electron chi connectivity index (χ2n) is 32.4. The Morgan fingerprint density at radius 1 is 0.495 bits per heavy atom. The van der Waals surface area contributed by atoms with Gasteiger partial charge in [0.1, 0.15) is 70.4 Å². The summed E-state index contributed by atoms with van der Waals surface area (Å²) in [7, 11) is 1.22. The van der Waals surface area contributed by atoms with Crippen molar-refractivity contribution < 1.29 is 71.6 Å². The number of hydrogen-bond donors (Lipinski definition) is 6. The number of imidazole rings is 1. The average Bonchev–Trinajstić information content (AvgIpc) is 1.69. The first-order chi connectivity index (χ1) is 51.2. The summed E-state index contributed by atoms with van der Waals surface area (Å²) < 4.78 is 32.1. The van der Waals surface area contributed by atoms with Gasteiger partial charge in [-0.15, -0.1) is 0 Å². The molecule has 7 atom stereocenters. The number of fused-ring (bicyclic) bond motifs is 1. The van der Waals surface area contributed by atoms with E-state index in [1.807, 2.05) is 144 Å². The summed E-state index contributed by atoms with van der Waals surface area (Å²) >= 11 is 0. The van der Waals surface area contributed by atoms with E-state index in [-0.39, 0.29) is 62.5 Å². The number of rotatable bonds is 30. The number of para-hydroxylation sites is 1. The zero-order chi connectivity index (χ0) is 79.9. The Kier molecular flexibility index (Phi) is 27.7. The Hall–Kier alpha value is -10.7. The minimum Gasteiger partial charge on any atom is -0.488 e. The summed E-state index contributed by atoms with van der Waals surface area (Å²) in [5, 5.41) is 17.6. The minimum atomic E-state index is -1.70. The third-order valence-corrected chi connectivity index (χ3v) is 17.8. The van der Waals surface area contributed by atoms with Crippen LogP contribution in [0.4, 0.5) is 9.59 Å². The first-order valence-corrected chi connectivity index (χ1v) is 37.1. The van der Waals surface area contributed by atoms with Gasteiger partial charge in [-0.3, -0.25) is 38.1 Å². The molecule has 8 rings (SSSR count). The first-order valence-electron chi connectivity index (χ1n) is 37.1. The molecule has 7 aromatic rings. The quantitative estimate of drug-likeness (QED) is 0.0138. The van der Waals surface area contributed by atoms with Gasteiger partial charge in [-0.1, -0.05) is 149 Å². The molecule has 1 saturated heterocycles. The van der Waals surface area contributed by atoms with Crippen LogP contribution in [0, 0.1) is 11.8 Å². The van der Waals surface area contributed by atoms with Crippen molar-refractivity contribution in [3.8, 4) is 5.75 Å². The van der Waals surface area contributed by atoms with Crippen LogP contribution < -0.4 is 36.6 Å². The highest BCUT2D eigenvalue weighted by Gasteiger charge is 2.45. The highest BCUT2D eigenvalue weighted by Crippen LogP contribution is 2.41. The number of nitrogens with one attached hydrogen (secondary N) is 6. The molecule has 25 heteroatoms. The van der Waals surface area contributed by atoms with Gasteiger partial charge in [0.15, 0.2) is 0 Å². The number of carbonyl (C=O) groups is 10. The first kappa shape index (κ1) is 83.9. The Balaban J connectivity index is 1.23. The van der Waals surface area contributed by atoms with Gasteiger partial charge in [0.2, 0.25) is 41.4 Å². The Morgan fingerprint density at radius 3 is 1.47 bits per heavy atom. The summed E-state index contributed by atoms with van der Waals surface area (Å²) in [4.78, 5) is 152. The van der Waals surface area contributed by atoms with E-state index in [9.17, 15) is 24.0 Å². The van der Waals surface area contributed by atoms with Crippen LogP contribution in [0.2, 0.25) is 0 Å². The van der Waals surface area contributed by atoms with Gasteiger partial charge < -0.3 is 60.2 Å². The van der Waals surface area contributed by atoms with E-state index < -0.39 is 136 Å². The number of benzene rings is 5. The fourth-order valence-corrected chi connectivity index (χ4v) is 13.0. The van der Waals surface area contributed by atoms with Crippen LogP contribution in [-0.2, 0) is 82.1 Å². The molecule has 25 nitrogen and oxygen atoms in total. The number of aromatic nitrogens is 3. The maximum atomic E-state index is 16.0. The lowest BCUT2D eigenvalue weighted by molar-refractivity contribution is -0.146. The van der Waals surface area contributed by atoms with E-state index in [2.05, 4.69) is 31.9 Å². The number of ether oxygens (including phenoxy) is 5. The smallest absolute Gasteiger partial charge is 0.419 e. The van der Waals surface area contributed by atoms with Crippen LogP contribution in [-0.4, -0.2) is 157 Å². The Morgan fingerprint density at radius 2 is 0.954 bits per heavy atom. The number of nitrogens with zero attached hydrogens (tertiary/aromatic N) is 4. The predicted molar refractivity (Wildman–Crippen MR) is 413 cm³/mol. The van der Waals surface area contributed by atoms with E-state index in [0.717, 1.165) is 21.6 Å². The molecule has 584 valence electrons. The zero-order valence-corrected chi connectivity index (χ0v) is 65.8. The SMILES string of the molecule is COC(=O)[C@H](CC(C)C)NC(=O)[C@@H](CC(C)C)NC(=O)[C@H](Cc1ccc(OC(C)(C)C)cc1)NC(=O)[C@H](COC(C)(C)C)NC(=O)[C@H](Cc1cn(C(=O)OC(C)(C)C)c2ccccc12)NC(=O)[C@H](Cc1cn(C(c2ccccc2)(c2ccccc2)c2ccccc2)cn1)NC(=O)[C@@H]1CCC(=O)N1C(=O)OC(C)(C)C. The molecule has 1 aliphatic heterocycles. The minimum absolute atomic E-state index is 0.0356. The second kappa shape index (κ2) is 36.0. The predicted octanol–water partition coefficient (Wildman–Crippen LogP) is 10.6. The lowest BCUT2D eigenvalue weighted by Gasteiger charge is -2.37. The van der Waals surface area contributed by atoms with Gasteiger partial charge in [0, 0.05) is 43.5 Å². The largest absolute Gasteiger partial charge is 0.488 e. The van der Waals surface area contributed by atoms with E-state index in [1.165, 1.54) is 17.9 Å². The number of likely N-dealkylation sites (tertiary alicyclic amines) is 1. The number of esters is 1. The van der Waals surface area contributed by atoms with Gasteiger partial charge in [0.05, 0.1) is 36.9 Å². The molecule has 5 aromatic carbocycles. The van der Waals surface area contributed by atoms with E-state index >= 15 is 24.0 Å². The molecule has 109 heavy (non-hydrogen) atoms. The van der Waals surface area contributed by atoms with Crippen LogP contribution in [0.1, 0.15) is 170 Å². The molecular weight excluding hydrogens is 1390 g/mol. The monoisotopic (exact) mass is 1500 g/mol. The third kappa shape index (κ3) is 23.2. The van der Waals surface area contributed by atoms with Crippen molar-refractivity contribution in [1.29, 1.82) is 0 Å². The summed E-state index contributed by atoms with van der Waals surface area (Å²) in [6.45, 7) is 27.9. The van der Waals surface area contributed by atoms with Gasteiger partial charge in [0.25, 0.3) is 0 Å². The number of methoxy groups -OCH3 is 1. The van der Waals surface area contributed by atoms with Crippen molar-refractivity contribution >= 4 is 70.4 Å². The van der Waals surface area contributed by atoms with Gasteiger partial charge in [-0.25, -0.2) is 24.3 Å². The lowest BCUT2D eigenvalue weighted by Crippen LogP contribution is -2.61. The van der Waals surface area contributed by atoms with Gasteiger partial charge in [-0.2, -0.15) is 0 Å². The standard InChI is InChI=1S/C84H108N10O15/c1-52(2)43-62(71(96)90-66(44-53(3)4)77(102)105-17)86-72(97)63(45-54-37-39-60(40-38-54)107-81(8,9)10)87-75(100)67(50-106-80(5,6)7)91-73(98)64(46-55-48-93(78(103)108-82(11,12)13)68-36-28-27-35-61(55)68)88-74(99)65(89-76(101)69-41-42-70(95)94(69)79(104)109-83(14,15)16)47-59-49-92(51-85-59)84(56-29-21-18-22-30-56,57-31-23-19-24-32-57)58-33-25-20-26-34-58/h18-40,48-49,51-53,62-67,69H,41-47,50H2,1-17H3,(H,86,97)(H,87,100)(H,88,99)(H,89,101)(H,90,96)(H,91,98)/t62-,63+,64+,65+,66+,67+,69+/m1/s1. The topological polar surface area (TPSA) is 315 Å². The van der Waals surface area contributed by atoms with Crippen LogP contribution in [0.3, 0.4) is 0 Å². The normalized spacial score (nSPS) is 15.2. The molecule has 3 heterocycles. The lowest BCUT2D eigenvalue weighted by atomic mass is 9.77. The fourth-order valence-electron chi connectivity index (χ4n) is 13.0. The summed E-state index contributed by atoms with van der Waals surface area (Å²) in [5.74, 6) is -6.25. The number of hydrogen-bond acceptors (Lipinski definition) is 16.